The van der Waals surface area contributed by atoms with Crippen molar-refractivity contribution in [3.05, 3.63) is 65.9 Å². The fourth-order valence-electron chi connectivity index (χ4n) is 5.03. The lowest BCUT2D eigenvalue weighted by Gasteiger charge is -2.31. The van der Waals surface area contributed by atoms with Crippen LogP contribution in [0.25, 0.3) is 10.9 Å². The molecule has 34 heavy (non-hydrogen) atoms. The number of aromatic nitrogens is 1. The standard InChI is InChI=1S/C26H32N4O3S/c31-26(29-16-12-21(13-17-29)25-18-22-6-2-3-7-24(22)28-25)27-19-20-8-10-23(11-9-20)34(32,33)30-14-4-1-5-15-30/h2-3,6-11,18,21,28H,1,4-5,12-17,19H2,(H,27,31). The highest BCUT2D eigenvalue weighted by atomic mass is 32.2. The number of benzene rings is 2. The summed E-state index contributed by atoms with van der Waals surface area (Å²) >= 11 is 0. The molecular formula is C26H32N4O3S. The third-order valence-electron chi connectivity index (χ3n) is 7.09. The Labute approximate surface area is 201 Å². The molecule has 3 aromatic rings. The van der Waals surface area contributed by atoms with Crippen molar-refractivity contribution in [1.82, 2.24) is 19.5 Å². The first kappa shape index (κ1) is 22.9. The number of nitrogens with one attached hydrogen (secondary N) is 2. The highest BCUT2D eigenvalue weighted by Gasteiger charge is 2.26. The molecule has 2 aliphatic heterocycles. The molecule has 7 nitrogen and oxygen atoms in total. The van der Waals surface area contributed by atoms with Gasteiger partial charge in [0.2, 0.25) is 10.0 Å². The second kappa shape index (κ2) is 9.80. The van der Waals surface area contributed by atoms with Crippen molar-refractivity contribution in [3.63, 3.8) is 0 Å². The number of aromatic amines is 1. The van der Waals surface area contributed by atoms with Crippen LogP contribution in [-0.4, -0.2) is 54.8 Å². The number of piperidine rings is 2. The minimum atomic E-state index is -3.43. The minimum absolute atomic E-state index is 0.0693. The molecule has 0 aliphatic carbocycles. The predicted molar refractivity (Wildman–Crippen MR) is 133 cm³/mol. The van der Waals surface area contributed by atoms with Crippen LogP contribution in [0.5, 0.6) is 0 Å². The molecule has 0 radical (unpaired) electrons. The molecule has 2 saturated heterocycles. The smallest absolute Gasteiger partial charge is 0.317 e. The first-order valence-corrected chi connectivity index (χ1v) is 13.6. The van der Waals surface area contributed by atoms with E-state index in [9.17, 15) is 13.2 Å². The van der Waals surface area contributed by atoms with E-state index >= 15 is 0 Å². The van der Waals surface area contributed by atoms with Gasteiger partial charge in [-0.25, -0.2) is 13.2 Å². The summed E-state index contributed by atoms with van der Waals surface area (Å²) in [5, 5.41) is 4.21. The molecule has 0 spiro atoms. The van der Waals surface area contributed by atoms with Crippen LogP contribution in [0.2, 0.25) is 0 Å². The quantitative estimate of drug-likeness (QED) is 0.566. The van der Waals surface area contributed by atoms with E-state index in [-0.39, 0.29) is 6.03 Å². The molecule has 180 valence electrons. The summed E-state index contributed by atoms with van der Waals surface area (Å²) in [7, 11) is -3.43. The van der Waals surface area contributed by atoms with Gasteiger partial charge in [0.05, 0.1) is 4.90 Å². The number of amides is 2. The Morgan fingerprint density at radius 2 is 1.65 bits per heavy atom. The fraction of sp³-hybridized carbons (Fsp3) is 0.423. The lowest BCUT2D eigenvalue weighted by molar-refractivity contribution is 0.180. The normalized spacial score (nSPS) is 18.3. The first-order chi connectivity index (χ1) is 16.5. The number of para-hydroxylation sites is 1. The number of carbonyl (C=O) groups is 1. The Bertz CT molecular complexity index is 1210. The van der Waals surface area contributed by atoms with Gasteiger partial charge in [0.1, 0.15) is 0 Å². The lowest BCUT2D eigenvalue weighted by atomic mass is 9.94. The molecule has 1 aromatic heterocycles. The van der Waals surface area contributed by atoms with Crippen LogP contribution in [-0.2, 0) is 16.6 Å². The molecule has 2 amide bonds. The van der Waals surface area contributed by atoms with Crippen molar-refractivity contribution in [2.45, 2.75) is 49.5 Å². The van der Waals surface area contributed by atoms with E-state index in [0.29, 0.717) is 30.4 Å². The van der Waals surface area contributed by atoms with E-state index in [4.69, 9.17) is 0 Å². The third kappa shape index (κ3) is 4.83. The van der Waals surface area contributed by atoms with Crippen molar-refractivity contribution in [3.8, 4) is 0 Å². The van der Waals surface area contributed by atoms with E-state index in [2.05, 4.69) is 28.5 Å². The highest BCUT2D eigenvalue weighted by molar-refractivity contribution is 7.89. The zero-order valence-corrected chi connectivity index (χ0v) is 20.2. The van der Waals surface area contributed by atoms with Crippen LogP contribution in [0, 0.1) is 0 Å². The number of carbonyl (C=O) groups excluding carboxylic acids is 1. The zero-order chi connectivity index (χ0) is 23.5. The third-order valence-corrected chi connectivity index (χ3v) is 9.01. The number of likely N-dealkylation sites (tertiary alicyclic amines) is 1. The number of urea groups is 1. The summed E-state index contributed by atoms with van der Waals surface area (Å²) in [5.74, 6) is 0.436. The fourth-order valence-corrected chi connectivity index (χ4v) is 6.55. The predicted octanol–water partition coefficient (Wildman–Crippen LogP) is 4.43. The van der Waals surface area contributed by atoms with Gasteiger partial charge in [-0.2, -0.15) is 4.31 Å². The molecule has 0 atom stereocenters. The van der Waals surface area contributed by atoms with Crippen LogP contribution in [0.3, 0.4) is 0 Å². The number of hydrogen-bond acceptors (Lipinski definition) is 3. The summed E-state index contributed by atoms with van der Waals surface area (Å²) in [6.45, 7) is 3.01. The molecule has 2 aliphatic rings. The maximum absolute atomic E-state index is 12.8. The number of fused-ring (bicyclic) bond motifs is 1. The van der Waals surface area contributed by atoms with Gasteiger partial charge in [-0.15, -0.1) is 0 Å². The number of H-pyrrole nitrogens is 1. The van der Waals surface area contributed by atoms with E-state index in [1.807, 2.05) is 17.0 Å². The average molecular weight is 481 g/mol. The van der Waals surface area contributed by atoms with Crippen LogP contribution in [0.15, 0.2) is 59.5 Å². The summed E-state index contributed by atoms with van der Waals surface area (Å²) in [6, 6.07) is 17.3. The van der Waals surface area contributed by atoms with Gasteiger partial charge in [-0.3, -0.25) is 0 Å². The first-order valence-electron chi connectivity index (χ1n) is 12.2. The van der Waals surface area contributed by atoms with Crippen molar-refractivity contribution >= 4 is 27.0 Å². The van der Waals surface area contributed by atoms with Crippen molar-refractivity contribution in [2.75, 3.05) is 26.2 Å². The molecule has 3 heterocycles. The van der Waals surface area contributed by atoms with E-state index in [1.165, 1.54) is 11.1 Å². The van der Waals surface area contributed by atoms with E-state index in [0.717, 1.165) is 56.3 Å². The maximum atomic E-state index is 12.8. The van der Waals surface area contributed by atoms with E-state index < -0.39 is 10.0 Å². The molecular weight excluding hydrogens is 448 g/mol. The van der Waals surface area contributed by atoms with Crippen molar-refractivity contribution in [2.24, 2.45) is 0 Å². The van der Waals surface area contributed by atoms with Gasteiger partial charge in [0, 0.05) is 49.9 Å². The molecule has 8 heteroatoms. The minimum Gasteiger partial charge on any atom is -0.358 e. The maximum Gasteiger partial charge on any atom is 0.317 e. The van der Waals surface area contributed by atoms with Crippen molar-refractivity contribution in [1.29, 1.82) is 0 Å². The summed E-state index contributed by atoms with van der Waals surface area (Å²) in [5.41, 5.74) is 3.30. The average Bonchev–Trinajstić information content (AvgIpc) is 3.32. The van der Waals surface area contributed by atoms with Gasteiger partial charge >= 0.3 is 6.03 Å². The Morgan fingerprint density at radius 1 is 0.941 bits per heavy atom. The Balaban J connectivity index is 1.12. The number of sulfonamides is 1. The Kier molecular flexibility index (Phi) is 6.61. The molecule has 5 rings (SSSR count). The molecule has 2 N–H and O–H groups in total. The van der Waals surface area contributed by atoms with Crippen molar-refractivity contribution < 1.29 is 13.2 Å². The van der Waals surface area contributed by atoms with Gasteiger partial charge in [-0.05, 0) is 60.9 Å². The molecule has 0 bridgehead atoms. The molecule has 0 saturated carbocycles. The second-order valence-electron chi connectivity index (χ2n) is 9.34. The number of rotatable bonds is 5. The SMILES string of the molecule is O=C(NCc1ccc(S(=O)(=O)N2CCCCC2)cc1)N1CCC(c2cc3ccccc3[nH]2)CC1. The molecule has 2 aromatic carbocycles. The van der Waals surface area contributed by atoms with Crippen LogP contribution >= 0.6 is 0 Å². The second-order valence-corrected chi connectivity index (χ2v) is 11.3. The van der Waals surface area contributed by atoms with Gasteiger partial charge < -0.3 is 15.2 Å². The summed E-state index contributed by atoms with van der Waals surface area (Å²) in [4.78, 5) is 18.4. The monoisotopic (exact) mass is 480 g/mol. The van der Waals surface area contributed by atoms with Crippen LogP contribution in [0.1, 0.15) is 49.3 Å². The largest absolute Gasteiger partial charge is 0.358 e. The highest BCUT2D eigenvalue weighted by Crippen LogP contribution is 2.30. The van der Waals surface area contributed by atoms with E-state index in [1.54, 1.807) is 28.6 Å². The van der Waals surface area contributed by atoms with Gasteiger partial charge in [-0.1, -0.05) is 36.8 Å². The Morgan fingerprint density at radius 3 is 2.35 bits per heavy atom. The van der Waals surface area contributed by atoms with Gasteiger partial charge in [0.15, 0.2) is 0 Å². The van der Waals surface area contributed by atoms with Crippen LogP contribution in [0.4, 0.5) is 4.79 Å². The molecule has 2 fully saturated rings. The zero-order valence-electron chi connectivity index (χ0n) is 19.4. The van der Waals surface area contributed by atoms with Gasteiger partial charge in [0.25, 0.3) is 0 Å². The summed E-state index contributed by atoms with van der Waals surface area (Å²) < 4.78 is 27.2. The molecule has 0 unspecified atom stereocenters. The number of nitrogens with zero attached hydrogens (tertiary/aromatic N) is 2. The Hall–Kier alpha value is -2.84. The summed E-state index contributed by atoms with van der Waals surface area (Å²) in [6.07, 6.45) is 4.79. The number of hydrogen-bond donors (Lipinski definition) is 2. The topological polar surface area (TPSA) is 85.5 Å². The lowest BCUT2D eigenvalue weighted by Crippen LogP contribution is -2.43. The van der Waals surface area contributed by atoms with Crippen LogP contribution < -0.4 is 5.32 Å².